The molecule has 0 atom stereocenters. The highest BCUT2D eigenvalue weighted by Crippen LogP contribution is 2.40. The highest BCUT2D eigenvalue weighted by molar-refractivity contribution is 5.82. The van der Waals surface area contributed by atoms with Gasteiger partial charge in [-0.2, -0.15) is 23.7 Å². The molecule has 0 aliphatic carbocycles. The molecule has 5 nitrogen and oxygen atoms in total. The third-order valence-electron chi connectivity index (χ3n) is 3.04. The summed E-state index contributed by atoms with van der Waals surface area (Å²) in [6.45, 7) is 0. The predicted molar refractivity (Wildman–Crippen MR) is 71.3 cm³/mol. The summed E-state index contributed by atoms with van der Waals surface area (Å²) < 4.78 is 53.5. The van der Waals surface area contributed by atoms with E-state index in [9.17, 15) is 22.4 Å². The van der Waals surface area contributed by atoms with E-state index in [1.807, 2.05) is 4.98 Å². The van der Waals surface area contributed by atoms with Crippen molar-refractivity contribution in [1.29, 1.82) is 10.5 Å². The number of hydrogen-bond acceptors (Lipinski definition) is 4. The Kier molecular flexibility index (Phi) is 3.81. The molecule has 1 aromatic carbocycles. The van der Waals surface area contributed by atoms with Gasteiger partial charge in [-0.25, -0.2) is 4.39 Å². The van der Waals surface area contributed by atoms with Crippen LogP contribution in [0.15, 0.2) is 23.0 Å². The van der Waals surface area contributed by atoms with Gasteiger partial charge in [-0.05, 0) is 12.1 Å². The SMILES string of the molecule is N#Cc1c(N)[nH]c(=O)c(C#N)c1-c1c(F)cccc1C(F)(F)F. The molecule has 0 spiro atoms. The number of aromatic amines is 1. The Labute approximate surface area is 126 Å². The molecule has 0 saturated carbocycles. The predicted octanol–water partition coefficient (Wildman–Crippen LogP) is 2.53. The van der Waals surface area contributed by atoms with E-state index >= 15 is 0 Å². The van der Waals surface area contributed by atoms with Crippen LogP contribution >= 0.6 is 0 Å². The van der Waals surface area contributed by atoms with E-state index in [-0.39, 0.29) is 0 Å². The van der Waals surface area contributed by atoms with Gasteiger partial charge in [0.2, 0.25) is 0 Å². The number of H-pyrrole nitrogens is 1. The molecule has 0 radical (unpaired) electrons. The van der Waals surface area contributed by atoms with E-state index in [1.54, 1.807) is 0 Å². The molecule has 9 heteroatoms. The second-order valence-electron chi connectivity index (χ2n) is 4.38. The summed E-state index contributed by atoms with van der Waals surface area (Å²) in [5.41, 5.74) is -0.406. The third-order valence-corrected chi connectivity index (χ3v) is 3.04. The summed E-state index contributed by atoms with van der Waals surface area (Å²) in [6, 6.07) is 5.01. The number of nitrogens with zero attached hydrogens (tertiary/aromatic N) is 2. The molecule has 1 aromatic heterocycles. The molecule has 0 amide bonds. The Morgan fingerprint density at radius 3 is 2.22 bits per heavy atom. The highest BCUT2D eigenvalue weighted by atomic mass is 19.4. The zero-order valence-electron chi connectivity index (χ0n) is 11.1. The normalized spacial score (nSPS) is 10.9. The minimum atomic E-state index is -4.96. The average Bonchev–Trinajstić information content (AvgIpc) is 2.45. The molecular weight excluding hydrogens is 316 g/mol. The molecule has 116 valence electrons. The summed E-state index contributed by atoms with van der Waals surface area (Å²) in [5.74, 6) is -1.89. The van der Waals surface area contributed by atoms with Crippen LogP contribution in [0.25, 0.3) is 11.1 Å². The van der Waals surface area contributed by atoms with Crippen molar-refractivity contribution in [2.75, 3.05) is 5.73 Å². The maximum Gasteiger partial charge on any atom is 0.417 e. The van der Waals surface area contributed by atoms with Gasteiger partial charge in [0.15, 0.2) is 0 Å². The molecule has 3 N–H and O–H groups in total. The van der Waals surface area contributed by atoms with E-state index < -0.39 is 51.2 Å². The summed E-state index contributed by atoms with van der Waals surface area (Å²) in [4.78, 5) is 13.7. The minimum absolute atomic E-state index is 0.553. The minimum Gasteiger partial charge on any atom is -0.384 e. The lowest BCUT2D eigenvalue weighted by atomic mass is 9.92. The summed E-state index contributed by atoms with van der Waals surface area (Å²) in [5, 5.41) is 18.1. The molecule has 0 aliphatic rings. The number of nitriles is 2. The van der Waals surface area contributed by atoms with Crippen LogP contribution < -0.4 is 11.3 Å². The van der Waals surface area contributed by atoms with Gasteiger partial charge < -0.3 is 10.7 Å². The molecular formula is C14H6F4N4O. The number of rotatable bonds is 1. The molecule has 23 heavy (non-hydrogen) atoms. The summed E-state index contributed by atoms with van der Waals surface area (Å²) in [6.07, 6.45) is -4.96. The standard InChI is InChI=1S/C14H6F4N4O/c15-9-3-1-2-8(14(16,17)18)11(9)10-6(4-19)12(21)22-13(23)7(10)5-20/h1-3H,(H3,21,22,23). The van der Waals surface area contributed by atoms with Crippen molar-refractivity contribution in [3.63, 3.8) is 0 Å². The van der Waals surface area contributed by atoms with Crippen molar-refractivity contribution >= 4 is 5.82 Å². The quantitative estimate of drug-likeness (QED) is 0.787. The number of nitrogens with one attached hydrogen (secondary N) is 1. The molecule has 0 saturated heterocycles. The van der Waals surface area contributed by atoms with Crippen molar-refractivity contribution in [3.8, 4) is 23.3 Å². The van der Waals surface area contributed by atoms with Crippen LogP contribution in [0, 0.1) is 28.5 Å². The van der Waals surface area contributed by atoms with Gasteiger partial charge in [0.05, 0.1) is 5.56 Å². The molecule has 0 aliphatic heterocycles. The number of pyridine rings is 1. The van der Waals surface area contributed by atoms with Crippen molar-refractivity contribution in [2.24, 2.45) is 0 Å². The average molecular weight is 322 g/mol. The Morgan fingerprint density at radius 1 is 1.09 bits per heavy atom. The zero-order chi connectivity index (χ0) is 17.4. The number of hydrogen-bond donors (Lipinski definition) is 2. The maximum absolute atomic E-state index is 14.1. The molecule has 2 rings (SSSR count). The molecule has 0 fully saturated rings. The van der Waals surface area contributed by atoms with Gasteiger partial charge in [-0.3, -0.25) is 4.79 Å². The second kappa shape index (κ2) is 5.46. The van der Waals surface area contributed by atoms with Gasteiger partial charge in [0, 0.05) is 11.1 Å². The van der Waals surface area contributed by atoms with Gasteiger partial charge in [0.25, 0.3) is 5.56 Å². The number of halogens is 4. The number of nitrogen functional groups attached to an aromatic ring is 1. The lowest BCUT2D eigenvalue weighted by Crippen LogP contribution is -2.18. The molecule has 0 unspecified atom stereocenters. The lowest BCUT2D eigenvalue weighted by molar-refractivity contribution is -0.137. The van der Waals surface area contributed by atoms with Crippen LogP contribution in [0.1, 0.15) is 16.7 Å². The van der Waals surface area contributed by atoms with Crippen LogP contribution in [0.3, 0.4) is 0 Å². The Hall–Kier alpha value is -3.33. The van der Waals surface area contributed by atoms with E-state index in [2.05, 4.69) is 0 Å². The molecule has 0 bridgehead atoms. The van der Waals surface area contributed by atoms with Crippen LogP contribution in [-0.4, -0.2) is 4.98 Å². The lowest BCUT2D eigenvalue weighted by Gasteiger charge is -2.16. The fourth-order valence-electron chi connectivity index (χ4n) is 2.11. The Morgan fingerprint density at radius 2 is 1.70 bits per heavy atom. The van der Waals surface area contributed by atoms with Crippen LogP contribution in [0.4, 0.5) is 23.4 Å². The monoisotopic (exact) mass is 322 g/mol. The summed E-state index contributed by atoms with van der Waals surface area (Å²) >= 11 is 0. The Balaban J connectivity index is 3.10. The van der Waals surface area contributed by atoms with Crippen LogP contribution in [-0.2, 0) is 6.18 Å². The fourth-order valence-corrected chi connectivity index (χ4v) is 2.11. The zero-order valence-corrected chi connectivity index (χ0v) is 11.1. The van der Waals surface area contributed by atoms with Crippen molar-refractivity contribution in [1.82, 2.24) is 4.98 Å². The number of alkyl halides is 3. The smallest absolute Gasteiger partial charge is 0.384 e. The first-order chi connectivity index (χ1) is 10.7. The highest BCUT2D eigenvalue weighted by Gasteiger charge is 2.37. The van der Waals surface area contributed by atoms with Crippen LogP contribution in [0.2, 0.25) is 0 Å². The topological polar surface area (TPSA) is 106 Å². The van der Waals surface area contributed by atoms with Gasteiger partial charge >= 0.3 is 6.18 Å². The van der Waals surface area contributed by atoms with Gasteiger partial charge in [-0.1, -0.05) is 6.07 Å². The summed E-state index contributed by atoms with van der Waals surface area (Å²) in [7, 11) is 0. The van der Waals surface area contributed by atoms with E-state index in [4.69, 9.17) is 16.3 Å². The van der Waals surface area contributed by atoms with E-state index in [0.29, 0.717) is 6.07 Å². The van der Waals surface area contributed by atoms with Crippen molar-refractivity contribution in [3.05, 3.63) is 51.1 Å². The first kappa shape index (κ1) is 16.0. The first-order valence-electron chi connectivity index (χ1n) is 5.94. The van der Waals surface area contributed by atoms with E-state index in [0.717, 1.165) is 12.1 Å². The van der Waals surface area contributed by atoms with Crippen molar-refractivity contribution < 1.29 is 17.6 Å². The van der Waals surface area contributed by atoms with Crippen LogP contribution in [0.5, 0.6) is 0 Å². The van der Waals surface area contributed by atoms with E-state index in [1.165, 1.54) is 12.1 Å². The fraction of sp³-hybridized carbons (Fsp3) is 0.0714. The maximum atomic E-state index is 14.1. The molecule has 2 aromatic rings. The number of benzene rings is 1. The first-order valence-corrected chi connectivity index (χ1v) is 5.94. The van der Waals surface area contributed by atoms with Gasteiger partial charge in [-0.15, -0.1) is 0 Å². The number of aromatic nitrogens is 1. The second-order valence-corrected chi connectivity index (χ2v) is 4.38. The third kappa shape index (κ3) is 2.60. The largest absolute Gasteiger partial charge is 0.417 e. The van der Waals surface area contributed by atoms with Gasteiger partial charge in [0.1, 0.15) is 34.9 Å². The number of anilines is 1. The van der Waals surface area contributed by atoms with Crippen molar-refractivity contribution in [2.45, 2.75) is 6.18 Å². The molecule has 1 heterocycles. The number of nitrogens with two attached hydrogens (primary N) is 1. The Bertz CT molecular complexity index is 932.